The van der Waals surface area contributed by atoms with Gasteiger partial charge in [0, 0.05) is 12.6 Å². The Bertz CT molecular complexity index is 499. The molecule has 2 N–H and O–H groups in total. The molecule has 2 rings (SSSR count). The number of anilines is 1. The van der Waals surface area contributed by atoms with Crippen LogP contribution in [-0.4, -0.2) is 11.2 Å². The van der Waals surface area contributed by atoms with Crippen LogP contribution in [0.3, 0.4) is 0 Å². The largest absolute Gasteiger partial charge is 0.338 e. The molecular formula is C11H10FN3O2. The van der Waals surface area contributed by atoms with E-state index in [1.165, 1.54) is 24.4 Å². The van der Waals surface area contributed by atoms with Crippen LogP contribution in [0.2, 0.25) is 0 Å². The summed E-state index contributed by atoms with van der Waals surface area (Å²) in [6.45, 7) is 0.234. The molecule has 2 aromatic rings. The van der Waals surface area contributed by atoms with Crippen LogP contribution in [0.15, 0.2) is 41.1 Å². The highest BCUT2D eigenvalue weighted by Gasteiger charge is 2.04. The zero-order chi connectivity index (χ0) is 12.1. The molecule has 0 aliphatic heterocycles. The Labute approximate surface area is 96.6 Å². The number of carbonyl (C=O) groups excluding carboxylic acids is 1. The van der Waals surface area contributed by atoms with Crippen molar-refractivity contribution >= 4 is 11.9 Å². The Hall–Kier alpha value is -2.37. The molecule has 0 aliphatic carbocycles. The SMILES string of the molecule is O=C(NCc1cccc(F)c1)Nc1ccno1. The molecule has 17 heavy (non-hydrogen) atoms. The first-order valence-corrected chi connectivity index (χ1v) is 4.94. The number of rotatable bonds is 3. The molecule has 0 fully saturated rings. The van der Waals surface area contributed by atoms with Gasteiger partial charge in [0.1, 0.15) is 5.82 Å². The van der Waals surface area contributed by atoms with Gasteiger partial charge in [-0.15, -0.1) is 0 Å². The number of hydrogen-bond acceptors (Lipinski definition) is 3. The van der Waals surface area contributed by atoms with Crippen molar-refractivity contribution < 1.29 is 13.7 Å². The lowest BCUT2D eigenvalue weighted by molar-refractivity contribution is 0.251. The van der Waals surface area contributed by atoms with Crippen LogP contribution in [-0.2, 0) is 6.54 Å². The molecule has 1 aromatic carbocycles. The van der Waals surface area contributed by atoms with Crippen LogP contribution in [0.1, 0.15) is 5.56 Å². The fourth-order valence-corrected chi connectivity index (χ4v) is 1.27. The third-order valence-electron chi connectivity index (χ3n) is 2.02. The molecule has 1 aromatic heterocycles. The Kier molecular flexibility index (Phi) is 3.34. The number of carbonyl (C=O) groups is 1. The maximum atomic E-state index is 12.8. The standard InChI is InChI=1S/C11H10FN3O2/c12-9-3-1-2-8(6-9)7-13-11(16)15-10-4-5-14-17-10/h1-6H,7H2,(H2,13,15,16). The Morgan fingerprint density at radius 3 is 3.00 bits per heavy atom. The van der Waals surface area contributed by atoms with Crippen molar-refractivity contribution in [2.45, 2.75) is 6.54 Å². The van der Waals surface area contributed by atoms with E-state index in [0.717, 1.165) is 0 Å². The zero-order valence-electron chi connectivity index (χ0n) is 8.81. The van der Waals surface area contributed by atoms with Crippen molar-refractivity contribution in [2.24, 2.45) is 0 Å². The number of hydrogen-bond donors (Lipinski definition) is 2. The molecule has 2 amide bonds. The van der Waals surface area contributed by atoms with E-state index >= 15 is 0 Å². The summed E-state index contributed by atoms with van der Waals surface area (Å²) in [7, 11) is 0. The van der Waals surface area contributed by atoms with E-state index in [1.54, 1.807) is 12.1 Å². The molecule has 88 valence electrons. The third kappa shape index (κ3) is 3.30. The number of urea groups is 1. The molecule has 0 radical (unpaired) electrons. The molecule has 1 heterocycles. The molecule has 0 bridgehead atoms. The normalized spacial score (nSPS) is 9.94. The molecule has 0 atom stereocenters. The van der Waals surface area contributed by atoms with Gasteiger partial charge in [0.25, 0.3) is 0 Å². The second kappa shape index (κ2) is 5.11. The summed E-state index contributed by atoms with van der Waals surface area (Å²) >= 11 is 0. The number of nitrogens with zero attached hydrogens (tertiary/aromatic N) is 1. The van der Waals surface area contributed by atoms with E-state index in [2.05, 4.69) is 15.8 Å². The average Bonchev–Trinajstić information content (AvgIpc) is 2.79. The predicted molar refractivity (Wildman–Crippen MR) is 58.8 cm³/mol. The number of nitrogens with one attached hydrogen (secondary N) is 2. The third-order valence-corrected chi connectivity index (χ3v) is 2.02. The number of halogens is 1. The highest BCUT2D eigenvalue weighted by molar-refractivity contribution is 5.87. The summed E-state index contributed by atoms with van der Waals surface area (Å²) in [6, 6.07) is 7.08. The van der Waals surface area contributed by atoms with E-state index in [4.69, 9.17) is 4.52 Å². The molecule has 5 nitrogen and oxygen atoms in total. The smallest absolute Gasteiger partial charge is 0.321 e. The van der Waals surface area contributed by atoms with Gasteiger partial charge < -0.3 is 9.84 Å². The van der Waals surface area contributed by atoms with Gasteiger partial charge in [-0.2, -0.15) is 0 Å². The molecular weight excluding hydrogens is 225 g/mol. The Morgan fingerprint density at radius 2 is 2.29 bits per heavy atom. The fraction of sp³-hybridized carbons (Fsp3) is 0.0909. The number of aromatic nitrogens is 1. The van der Waals surface area contributed by atoms with E-state index in [1.807, 2.05) is 0 Å². The van der Waals surface area contributed by atoms with E-state index in [-0.39, 0.29) is 18.2 Å². The van der Waals surface area contributed by atoms with Crippen molar-refractivity contribution in [1.82, 2.24) is 10.5 Å². The lowest BCUT2D eigenvalue weighted by Crippen LogP contribution is -2.27. The van der Waals surface area contributed by atoms with E-state index in [9.17, 15) is 9.18 Å². The van der Waals surface area contributed by atoms with Gasteiger partial charge in [-0.25, -0.2) is 9.18 Å². The van der Waals surface area contributed by atoms with Gasteiger partial charge in [0.15, 0.2) is 0 Å². The predicted octanol–water partition coefficient (Wildman–Crippen LogP) is 2.14. The van der Waals surface area contributed by atoms with Gasteiger partial charge in [-0.05, 0) is 17.7 Å². The average molecular weight is 235 g/mol. The highest BCUT2D eigenvalue weighted by Crippen LogP contribution is 2.04. The van der Waals surface area contributed by atoms with Crippen molar-refractivity contribution in [1.29, 1.82) is 0 Å². The molecule has 0 saturated carbocycles. The van der Waals surface area contributed by atoms with E-state index in [0.29, 0.717) is 5.56 Å². The zero-order valence-corrected chi connectivity index (χ0v) is 8.81. The summed E-state index contributed by atoms with van der Waals surface area (Å²) < 4.78 is 17.5. The maximum Gasteiger partial charge on any atom is 0.321 e. The van der Waals surface area contributed by atoms with Crippen LogP contribution in [0, 0.1) is 5.82 Å². The monoisotopic (exact) mass is 235 g/mol. The van der Waals surface area contributed by atoms with Crippen LogP contribution < -0.4 is 10.6 Å². The van der Waals surface area contributed by atoms with Gasteiger partial charge in [0.2, 0.25) is 5.88 Å². The van der Waals surface area contributed by atoms with Gasteiger partial charge in [0.05, 0.1) is 6.20 Å². The Morgan fingerprint density at radius 1 is 1.41 bits per heavy atom. The first kappa shape index (κ1) is 11.1. The van der Waals surface area contributed by atoms with Crippen LogP contribution in [0.5, 0.6) is 0 Å². The summed E-state index contributed by atoms with van der Waals surface area (Å²) in [5.41, 5.74) is 0.678. The summed E-state index contributed by atoms with van der Waals surface area (Å²) in [5, 5.41) is 8.43. The van der Waals surface area contributed by atoms with Crippen LogP contribution in [0.25, 0.3) is 0 Å². The second-order valence-corrected chi connectivity index (χ2v) is 3.31. The van der Waals surface area contributed by atoms with Crippen molar-refractivity contribution in [2.75, 3.05) is 5.32 Å². The topological polar surface area (TPSA) is 67.2 Å². The number of amides is 2. The maximum absolute atomic E-state index is 12.8. The van der Waals surface area contributed by atoms with Crippen molar-refractivity contribution in [3.63, 3.8) is 0 Å². The van der Waals surface area contributed by atoms with Crippen LogP contribution >= 0.6 is 0 Å². The molecule has 0 saturated heterocycles. The van der Waals surface area contributed by atoms with Gasteiger partial charge in [-0.3, -0.25) is 5.32 Å². The van der Waals surface area contributed by atoms with Crippen molar-refractivity contribution in [3.05, 3.63) is 47.9 Å². The molecule has 0 aliphatic rings. The number of benzene rings is 1. The first-order chi connectivity index (χ1) is 8.24. The summed E-state index contributed by atoms with van der Waals surface area (Å²) in [6.07, 6.45) is 1.42. The van der Waals surface area contributed by atoms with Crippen LogP contribution in [0.4, 0.5) is 15.1 Å². The Balaban J connectivity index is 1.84. The van der Waals surface area contributed by atoms with Gasteiger partial charge in [-0.1, -0.05) is 17.3 Å². The van der Waals surface area contributed by atoms with E-state index < -0.39 is 6.03 Å². The van der Waals surface area contributed by atoms with Gasteiger partial charge >= 0.3 is 6.03 Å². The highest BCUT2D eigenvalue weighted by atomic mass is 19.1. The first-order valence-electron chi connectivity index (χ1n) is 4.94. The molecule has 6 heteroatoms. The fourth-order valence-electron chi connectivity index (χ4n) is 1.27. The lowest BCUT2D eigenvalue weighted by atomic mass is 10.2. The second-order valence-electron chi connectivity index (χ2n) is 3.31. The lowest BCUT2D eigenvalue weighted by Gasteiger charge is -2.05. The minimum Gasteiger partial charge on any atom is -0.338 e. The minimum absolute atomic E-state index is 0.234. The molecule has 0 unspecified atom stereocenters. The van der Waals surface area contributed by atoms with Crippen molar-refractivity contribution in [3.8, 4) is 0 Å². The molecule has 0 spiro atoms. The summed E-state index contributed by atoms with van der Waals surface area (Å²) in [5.74, 6) is -0.0818. The minimum atomic E-state index is -0.439. The summed E-state index contributed by atoms with van der Waals surface area (Å²) in [4.78, 5) is 11.4. The quantitative estimate of drug-likeness (QED) is 0.856.